The fourth-order valence-electron chi connectivity index (χ4n) is 3.37. The van der Waals surface area contributed by atoms with Crippen LogP contribution < -0.4 is 10.6 Å². The van der Waals surface area contributed by atoms with Crippen LogP contribution in [0.5, 0.6) is 0 Å². The summed E-state index contributed by atoms with van der Waals surface area (Å²) in [6.45, 7) is 7.00. The number of carbonyl (C=O) groups is 1. The van der Waals surface area contributed by atoms with Gasteiger partial charge in [-0.15, -0.1) is 0 Å². The molecular weight excluding hydrogens is 368 g/mol. The van der Waals surface area contributed by atoms with Crippen molar-refractivity contribution in [3.05, 3.63) is 70.3 Å². The van der Waals surface area contributed by atoms with E-state index in [1.807, 2.05) is 18.2 Å². The summed E-state index contributed by atoms with van der Waals surface area (Å²) in [6.07, 6.45) is 1.12. The highest BCUT2D eigenvalue weighted by molar-refractivity contribution is 5.76. The predicted octanol–water partition coefficient (Wildman–Crippen LogP) is 3.47. The molecule has 0 heterocycles. The van der Waals surface area contributed by atoms with Gasteiger partial charge in [0.2, 0.25) is 5.91 Å². The Bertz CT molecular complexity index is 779. The van der Waals surface area contributed by atoms with E-state index in [-0.39, 0.29) is 24.1 Å². The van der Waals surface area contributed by atoms with Gasteiger partial charge in [-0.05, 0) is 31.1 Å². The molecule has 0 radical (unpaired) electrons. The first-order chi connectivity index (χ1) is 14.0. The molecule has 0 fully saturated rings. The molecule has 2 N–H and O–H groups in total. The Morgan fingerprint density at radius 3 is 2.38 bits per heavy atom. The molecule has 1 unspecified atom stereocenters. The summed E-state index contributed by atoms with van der Waals surface area (Å²) in [6, 6.07) is 16.9. The minimum absolute atomic E-state index is 0.0115. The maximum atomic E-state index is 12.3. The number of likely N-dealkylation sites (N-methyl/N-ethyl adjacent to an activating group) is 1. The fourth-order valence-corrected chi connectivity index (χ4v) is 3.37. The monoisotopic (exact) mass is 398 g/mol. The largest absolute Gasteiger partial charge is 0.379 e. The van der Waals surface area contributed by atoms with Crippen molar-refractivity contribution < 1.29 is 9.72 Å². The van der Waals surface area contributed by atoms with Gasteiger partial charge in [0.1, 0.15) is 5.69 Å². The number of nitrogens with one attached hydrogen (secondary N) is 2. The van der Waals surface area contributed by atoms with Crippen molar-refractivity contribution in [2.75, 3.05) is 31.5 Å². The third kappa shape index (κ3) is 7.19. The van der Waals surface area contributed by atoms with E-state index in [4.69, 9.17) is 0 Å². The van der Waals surface area contributed by atoms with Crippen LogP contribution in [0.3, 0.4) is 0 Å². The Balaban J connectivity index is 1.85. The lowest BCUT2D eigenvalue weighted by molar-refractivity contribution is -0.384. The summed E-state index contributed by atoms with van der Waals surface area (Å²) in [5.74, 6) is -0.0682. The predicted molar refractivity (Wildman–Crippen MR) is 116 cm³/mol. The molecule has 0 saturated heterocycles. The molecule has 0 bridgehead atoms. The number of rotatable bonds is 12. The van der Waals surface area contributed by atoms with Crippen LogP contribution in [0.2, 0.25) is 0 Å². The van der Waals surface area contributed by atoms with Gasteiger partial charge in [-0.25, -0.2) is 0 Å². The second-order valence-electron chi connectivity index (χ2n) is 6.82. The van der Waals surface area contributed by atoms with Gasteiger partial charge in [0.15, 0.2) is 0 Å². The van der Waals surface area contributed by atoms with Crippen molar-refractivity contribution in [1.29, 1.82) is 0 Å². The van der Waals surface area contributed by atoms with Crippen LogP contribution >= 0.6 is 0 Å². The quantitative estimate of drug-likeness (QED) is 0.422. The van der Waals surface area contributed by atoms with Gasteiger partial charge in [0.05, 0.1) is 4.92 Å². The standard InChI is InChI=1S/C22H30N4O3/c1-3-25(4-2)19(16-18-10-6-5-7-11-18)17-24-22(27)14-15-23-20-12-8-9-13-21(20)26(28)29/h5-13,19,23H,3-4,14-17H2,1-2H3,(H,24,27). The third-order valence-corrected chi connectivity index (χ3v) is 4.95. The summed E-state index contributed by atoms with van der Waals surface area (Å²) in [7, 11) is 0. The first kappa shape index (κ1) is 22.4. The molecule has 0 spiro atoms. The number of hydrogen-bond donors (Lipinski definition) is 2. The van der Waals surface area contributed by atoms with E-state index >= 15 is 0 Å². The average Bonchev–Trinajstić information content (AvgIpc) is 2.73. The van der Waals surface area contributed by atoms with Crippen LogP contribution in [0.1, 0.15) is 25.8 Å². The molecule has 0 aliphatic heterocycles. The SMILES string of the molecule is CCN(CC)C(CNC(=O)CCNc1ccccc1[N+](=O)[O-])Cc1ccccc1. The number of nitro groups is 1. The molecule has 0 aromatic heterocycles. The Morgan fingerprint density at radius 1 is 1.07 bits per heavy atom. The van der Waals surface area contributed by atoms with E-state index in [1.54, 1.807) is 18.2 Å². The van der Waals surface area contributed by atoms with Crippen LogP contribution in [0.4, 0.5) is 11.4 Å². The van der Waals surface area contributed by atoms with Crippen molar-refractivity contribution in [3.8, 4) is 0 Å². The number of nitro benzene ring substituents is 1. The van der Waals surface area contributed by atoms with E-state index in [9.17, 15) is 14.9 Å². The lowest BCUT2D eigenvalue weighted by Gasteiger charge is -2.30. The van der Waals surface area contributed by atoms with Gasteiger partial charge < -0.3 is 10.6 Å². The molecule has 2 rings (SSSR count). The molecule has 1 amide bonds. The lowest BCUT2D eigenvalue weighted by Crippen LogP contribution is -2.45. The highest BCUT2D eigenvalue weighted by Crippen LogP contribution is 2.22. The number of amides is 1. The molecule has 1 atom stereocenters. The second kappa shape index (κ2) is 11.8. The van der Waals surface area contributed by atoms with Crippen LogP contribution in [0.25, 0.3) is 0 Å². The molecular formula is C22H30N4O3. The molecule has 2 aromatic carbocycles. The molecule has 156 valence electrons. The topological polar surface area (TPSA) is 87.5 Å². The Morgan fingerprint density at radius 2 is 1.72 bits per heavy atom. The normalized spacial score (nSPS) is 11.8. The second-order valence-corrected chi connectivity index (χ2v) is 6.82. The Labute approximate surface area is 172 Å². The highest BCUT2D eigenvalue weighted by atomic mass is 16.6. The maximum Gasteiger partial charge on any atom is 0.292 e. The first-order valence-electron chi connectivity index (χ1n) is 10.1. The van der Waals surface area contributed by atoms with Gasteiger partial charge in [0, 0.05) is 31.6 Å². The van der Waals surface area contributed by atoms with Crippen molar-refractivity contribution in [3.63, 3.8) is 0 Å². The third-order valence-electron chi connectivity index (χ3n) is 4.95. The van der Waals surface area contributed by atoms with Gasteiger partial charge in [0.25, 0.3) is 5.69 Å². The maximum absolute atomic E-state index is 12.3. The van der Waals surface area contributed by atoms with Crippen LogP contribution in [-0.2, 0) is 11.2 Å². The molecule has 7 nitrogen and oxygen atoms in total. The van der Waals surface area contributed by atoms with E-state index in [0.717, 1.165) is 19.5 Å². The molecule has 2 aromatic rings. The summed E-state index contributed by atoms with van der Waals surface area (Å²) in [4.78, 5) is 25.3. The fraction of sp³-hybridized carbons (Fsp3) is 0.409. The minimum atomic E-state index is -0.430. The van der Waals surface area contributed by atoms with Crippen molar-refractivity contribution >= 4 is 17.3 Å². The number of hydrogen-bond acceptors (Lipinski definition) is 5. The van der Waals surface area contributed by atoms with Crippen LogP contribution in [0.15, 0.2) is 54.6 Å². The number of para-hydroxylation sites is 2. The van der Waals surface area contributed by atoms with Crippen molar-refractivity contribution in [2.24, 2.45) is 0 Å². The first-order valence-corrected chi connectivity index (χ1v) is 10.1. The Kier molecular flexibility index (Phi) is 9.11. The molecule has 0 aliphatic carbocycles. The lowest BCUT2D eigenvalue weighted by atomic mass is 10.0. The van der Waals surface area contributed by atoms with E-state index in [0.29, 0.717) is 18.8 Å². The number of carbonyl (C=O) groups excluding carboxylic acids is 1. The highest BCUT2D eigenvalue weighted by Gasteiger charge is 2.17. The zero-order chi connectivity index (χ0) is 21.1. The van der Waals surface area contributed by atoms with E-state index < -0.39 is 4.92 Å². The van der Waals surface area contributed by atoms with Gasteiger partial charge >= 0.3 is 0 Å². The molecule has 29 heavy (non-hydrogen) atoms. The van der Waals surface area contributed by atoms with E-state index in [2.05, 4.69) is 41.5 Å². The van der Waals surface area contributed by atoms with Crippen molar-refractivity contribution in [1.82, 2.24) is 10.2 Å². The summed E-state index contributed by atoms with van der Waals surface area (Å²) in [5, 5.41) is 17.1. The molecule has 0 saturated carbocycles. The zero-order valence-corrected chi connectivity index (χ0v) is 17.1. The Hall–Kier alpha value is -2.93. The summed E-state index contributed by atoms with van der Waals surface area (Å²) >= 11 is 0. The summed E-state index contributed by atoms with van der Waals surface area (Å²) < 4.78 is 0. The number of anilines is 1. The van der Waals surface area contributed by atoms with Crippen molar-refractivity contribution in [2.45, 2.75) is 32.7 Å². The number of benzene rings is 2. The van der Waals surface area contributed by atoms with Crippen LogP contribution in [-0.4, -0.2) is 48.0 Å². The average molecular weight is 399 g/mol. The van der Waals surface area contributed by atoms with Gasteiger partial charge in [-0.3, -0.25) is 19.8 Å². The molecule has 7 heteroatoms. The van der Waals surface area contributed by atoms with Crippen LogP contribution in [0, 0.1) is 10.1 Å². The summed E-state index contributed by atoms with van der Waals surface area (Å²) in [5.41, 5.74) is 1.68. The minimum Gasteiger partial charge on any atom is -0.379 e. The van der Waals surface area contributed by atoms with E-state index in [1.165, 1.54) is 11.6 Å². The number of nitrogens with zero attached hydrogens (tertiary/aromatic N) is 2. The van der Waals surface area contributed by atoms with Gasteiger partial charge in [-0.2, -0.15) is 0 Å². The smallest absolute Gasteiger partial charge is 0.292 e. The molecule has 0 aliphatic rings. The van der Waals surface area contributed by atoms with Gasteiger partial charge in [-0.1, -0.05) is 56.3 Å². The zero-order valence-electron chi connectivity index (χ0n) is 17.1.